The molecule has 1 saturated carbocycles. The van der Waals surface area contributed by atoms with Crippen molar-refractivity contribution in [3.05, 3.63) is 38.5 Å². The van der Waals surface area contributed by atoms with Crippen LogP contribution < -0.4 is 5.32 Å². The summed E-state index contributed by atoms with van der Waals surface area (Å²) in [4.78, 5) is 16.6. The summed E-state index contributed by atoms with van der Waals surface area (Å²) in [6.07, 6.45) is 5.12. The van der Waals surface area contributed by atoms with Gasteiger partial charge in [0.05, 0.1) is 5.01 Å². The number of nitrogens with one attached hydrogen (secondary N) is 1. The minimum atomic E-state index is -0.00382. The fourth-order valence-electron chi connectivity index (χ4n) is 2.17. The van der Waals surface area contributed by atoms with Crippen molar-refractivity contribution < 1.29 is 4.79 Å². The Morgan fingerprint density at radius 2 is 2.40 bits per heavy atom. The number of thiazole rings is 1. The highest BCUT2D eigenvalue weighted by Crippen LogP contribution is 2.37. The van der Waals surface area contributed by atoms with Crippen molar-refractivity contribution >= 4 is 33.2 Å². The number of carbonyl (C=O) groups is 1. The standard InChI is InChI=1S/C14H16BrN3OS/c1-9-8-20-13(17-9)4-5-16-14(19)12-6-10(15)7-18(12)11-2-3-11/h6-8,11H,2-5H2,1H3,(H,16,19). The first-order valence-corrected chi connectivity index (χ1v) is 8.37. The van der Waals surface area contributed by atoms with Gasteiger partial charge < -0.3 is 9.88 Å². The lowest BCUT2D eigenvalue weighted by Gasteiger charge is -2.07. The molecule has 0 radical (unpaired) electrons. The normalized spacial score (nSPS) is 14.5. The molecule has 0 spiro atoms. The number of hydrogen-bond donors (Lipinski definition) is 1. The molecule has 2 heterocycles. The van der Waals surface area contributed by atoms with Gasteiger partial charge in [0.2, 0.25) is 0 Å². The number of aromatic nitrogens is 2. The number of carbonyl (C=O) groups excluding carboxylic acids is 1. The fraction of sp³-hybridized carbons (Fsp3) is 0.429. The number of amides is 1. The van der Waals surface area contributed by atoms with Gasteiger partial charge in [0.1, 0.15) is 5.69 Å². The molecule has 0 unspecified atom stereocenters. The lowest BCUT2D eigenvalue weighted by molar-refractivity contribution is 0.0944. The molecule has 20 heavy (non-hydrogen) atoms. The summed E-state index contributed by atoms with van der Waals surface area (Å²) in [6.45, 7) is 2.61. The maximum atomic E-state index is 12.2. The number of aryl methyl sites for hydroxylation is 1. The molecule has 1 N–H and O–H groups in total. The van der Waals surface area contributed by atoms with Gasteiger partial charge >= 0.3 is 0 Å². The minimum absolute atomic E-state index is 0.00382. The Hall–Kier alpha value is -1.14. The molecule has 1 fully saturated rings. The maximum Gasteiger partial charge on any atom is 0.267 e. The van der Waals surface area contributed by atoms with Crippen LogP contribution in [0.2, 0.25) is 0 Å². The Balaban J connectivity index is 1.59. The molecule has 1 aliphatic carbocycles. The summed E-state index contributed by atoms with van der Waals surface area (Å²) >= 11 is 5.09. The van der Waals surface area contributed by atoms with E-state index in [1.165, 1.54) is 12.8 Å². The van der Waals surface area contributed by atoms with Crippen LogP contribution in [-0.4, -0.2) is 22.0 Å². The zero-order chi connectivity index (χ0) is 14.1. The zero-order valence-electron chi connectivity index (χ0n) is 11.2. The van der Waals surface area contributed by atoms with Crippen LogP contribution in [0.25, 0.3) is 0 Å². The van der Waals surface area contributed by atoms with Crippen LogP contribution >= 0.6 is 27.3 Å². The molecule has 106 valence electrons. The average Bonchev–Trinajstić information content (AvgIpc) is 3.06. The summed E-state index contributed by atoms with van der Waals surface area (Å²) in [5.41, 5.74) is 1.79. The molecular weight excluding hydrogens is 338 g/mol. The average molecular weight is 354 g/mol. The Labute approximate surface area is 130 Å². The van der Waals surface area contributed by atoms with E-state index in [9.17, 15) is 4.79 Å². The monoisotopic (exact) mass is 353 g/mol. The van der Waals surface area contributed by atoms with Crippen LogP contribution in [0, 0.1) is 6.92 Å². The quantitative estimate of drug-likeness (QED) is 0.895. The third kappa shape index (κ3) is 3.12. The number of rotatable bonds is 5. The Bertz CT molecular complexity index is 630. The lowest BCUT2D eigenvalue weighted by atomic mass is 10.3. The second-order valence-electron chi connectivity index (χ2n) is 5.07. The smallest absolute Gasteiger partial charge is 0.267 e. The first kappa shape index (κ1) is 13.8. The molecule has 6 heteroatoms. The zero-order valence-corrected chi connectivity index (χ0v) is 13.6. The van der Waals surface area contributed by atoms with E-state index in [0.29, 0.717) is 12.6 Å². The molecule has 0 atom stereocenters. The van der Waals surface area contributed by atoms with Crippen molar-refractivity contribution in [3.8, 4) is 0 Å². The molecule has 1 aliphatic rings. The minimum Gasteiger partial charge on any atom is -0.350 e. The predicted octanol–water partition coefficient (Wildman–Crippen LogP) is 3.32. The van der Waals surface area contributed by atoms with Crippen LogP contribution in [0.4, 0.5) is 0 Å². The molecule has 2 aromatic heterocycles. The third-order valence-corrected chi connectivity index (χ3v) is 4.74. The van der Waals surface area contributed by atoms with Crippen LogP contribution in [0.1, 0.15) is 40.1 Å². The predicted molar refractivity (Wildman–Crippen MR) is 83.3 cm³/mol. The Morgan fingerprint density at radius 3 is 3.05 bits per heavy atom. The van der Waals surface area contributed by atoms with Gasteiger partial charge in [0.15, 0.2) is 0 Å². The second kappa shape index (κ2) is 5.69. The van der Waals surface area contributed by atoms with Crippen molar-refractivity contribution in [2.45, 2.75) is 32.2 Å². The van der Waals surface area contributed by atoms with Crippen molar-refractivity contribution in [2.24, 2.45) is 0 Å². The molecule has 3 rings (SSSR count). The maximum absolute atomic E-state index is 12.2. The summed E-state index contributed by atoms with van der Waals surface area (Å²) in [6, 6.07) is 2.39. The fourth-order valence-corrected chi connectivity index (χ4v) is 3.39. The van der Waals surface area contributed by atoms with E-state index in [-0.39, 0.29) is 5.91 Å². The van der Waals surface area contributed by atoms with Crippen molar-refractivity contribution in [1.82, 2.24) is 14.9 Å². The molecule has 0 aliphatic heterocycles. The van der Waals surface area contributed by atoms with E-state index in [1.54, 1.807) is 11.3 Å². The molecular formula is C14H16BrN3OS. The van der Waals surface area contributed by atoms with Crippen LogP contribution in [-0.2, 0) is 6.42 Å². The molecule has 2 aromatic rings. The van der Waals surface area contributed by atoms with E-state index in [2.05, 4.69) is 30.8 Å². The number of nitrogens with zero attached hydrogens (tertiary/aromatic N) is 2. The highest BCUT2D eigenvalue weighted by Gasteiger charge is 2.27. The Morgan fingerprint density at radius 1 is 1.60 bits per heavy atom. The van der Waals surface area contributed by atoms with Crippen LogP contribution in [0.15, 0.2) is 22.1 Å². The van der Waals surface area contributed by atoms with Gasteiger partial charge in [-0.3, -0.25) is 4.79 Å². The van der Waals surface area contributed by atoms with E-state index in [0.717, 1.165) is 27.3 Å². The van der Waals surface area contributed by atoms with Gasteiger partial charge in [0.25, 0.3) is 5.91 Å². The van der Waals surface area contributed by atoms with Gasteiger partial charge in [-0.25, -0.2) is 4.98 Å². The summed E-state index contributed by atoms with van der Waals surface area (Å²) in [5, 5.41) is 6.08. The highest BCUT2D eigenvalue weighted by atomic mass is 79.9. The summed E-state index contributed by atoms with van der Waals surface area (Å²) in [5.74, 6) is -0.00382. The first-order chi connectivity index (χ1) is 9.63. The van der Waals surface area contributed by atoms with Gasteiger partial charge in [0, 0.05) is 40.8 Å². The molecule has 1 amide bonds. The van der Waals surface area contributed by atoms with Gasteiger partial charge in [-0.15, -0.1) is 11.3 Å². The van der Waals surface area contributed by atoms with Crippen molar-refractivity contribution in [1.29, 1.82) is 0 Å². The van der Waals surface area contributed by atoms with Gasteiger partial charge in [-0.2, -0.15) is 0 Å². The topological polar surface area (TPSA) is 46.9 Å². The SMILES string of the molecule is Cc1csc(CCNC(=O)c2cc(Br)cn2C2CC2)n1. The van der Waals surface area contributed by atoms with Crippen LogP contribution in [0.3, 0.4) is 0 Å². The van der Waals surface area contributed by atoms with E-state index >= 15 is 0 Å². The Kier molecular flexibility index (Phi) is 3.94. The van der Waals surface area contributed by atoms with Crippen molar-refractivity contribution in [3.63, 3.8) is 0 Å². The largest absolute Gasteiger partial charge is 0.350 e. The molecule has 0 bridgehead atoms. The summed E-state index contributed by atoms with van der Waals surface area (Å²) < 4.78 is 3.04. The third-order valence-electron chi connectivity index (χ3n) is 3.28. The number of halogens is 1. The van der Waals surface area contributed by atoms with E-state index in [1.807, 2.05) is 24.6 Å². The van der Waals surface area contributed by atoms with Gasteiger partial charge in [-0.05, 0) is 41.8 Å². The summed E-state index contributed by atoms with van der Waals surface area (Å²) in [7, 11) is 0. The van der Waals surface area contributed by atoms with Gasteiger partial charge in [-0.1, -0.05) is 0 Å². The molecule has 4 nitrogen and oxygen atoms in total. The first-order valence-electron chi connectivity index (χ1n) is 6.70. The van der Waals surface area contributed by atoms with Crippen LogP contribution in [0.5, 0.6) is 0 Å². The second-order valence-corrected chi connectivity index (χ2v) is 6.93. The van der Waals surface area contributed by atoms with Crippen molar-refractivity contribution in [2.75, 3.05) is 6.54 Å². The molecule has 0 aromatic carbocycles. The highest BCUT2D eigenvalue weighted by molar-refractivity contribution is 9.10. The molecule has 0 saturated heterocycles. The van der Waals surface area contributed by atoms with E-state index in [4.69, 9.17) is 0 Å². The number of hydrogen-bond acceptors (Lipinski definition) is 3. The van der Waals surface area contributed by atoms with E-state index < -0.39 is 0 Å². The lowest BCUT2D eigenvalue weighted by Crippen LogP contribution is -2.27.